The maximum atomic E-state index is 12.2. The summed E-state index contributed by atoms with van der Waals surface area (Å²) in [7, 11) is -4.77. The van der Waals surface area contributed by atoms with Gasteiger partial charge in [-0.2, -0.15) is 0 Å². The van der Waals surface area contributed by atoms with Gasteiger partial charge >= 0.3 is 19.8 Å². The van der Waals surface area contributed by atoms with Crippen LogP contribution in [0.5, 0.6) is 0 Å². The number of phosphoric acid groups is 1. The van der Waals surface area contributed by atoms with Crippen molar-refractivity contribution in [2.45, 2.75) is 142 Å². The van der Waals surface area contributed by atoms with E-state index in [-0.39, 0.29) is 25.2 Å². The van der Waals surface area contributed by atoms with Crippen molar-refractivity contribution in [1.82, 2.24) is 0 Å². The molecule has 258 valence electrons. The Hall–Kier alpha value is -2.32. The van der Waals surface area contributed by atoms with Crippen molar-refractivity contribution < 1.29 is 42.7 Å². The summed E-state index contributed by atoms with van der Waals surface area (Å²) in [6, 6.07) is 0. The highest BCUT2D eigenvalue weighted by Crippen LogP contribution is 2.35. The molecule has 0 saturated heterocycles. The van der Waals surface area contributed by atoms with Crippen LogP contribution >= 0.6 is 7.82 Å². The minimum Gasteiger partial charge on any atom is -0.462 e. The molecule has 0 rings (SSSR count). The van der Waals surface area contributed by atoms with Gasteiger partial charge in [0.1, 0.15) is 6.61 Å². The molecule has 45 heavy (non-hydrogen) atoms. The van der Waals surface area contributed by atoms with E-state index in [1.165, 1.54) is 32.1 Å². The van der Waals surface area contributed by atoms with Crippen LogP contribution in [0, 0.1) is 0 Å². The smallest absolute Gasteiger partial charge is 0.462 e. The summed E-state index contributed by atoms with van der Waals surface area (Å²) in [5, 5.41) is 0. The lowest BCUT2D eigenvalue weighted by Gasteiger charge is -2.18. The van der Waals surface area contributed by atoms with Gasteiger partial charge < -0.3 is 19.3 Å². The maximum Gasteiger partial charge on any atom is 0.469 e. The molecule has 0 fully saturated rings. The first-order valence-corrected chi connectivity index (χ1v) is 18.4. The topological polar surface area (TPSA) is 136 Å². The van der Waals surface area contributed by atoms with Crippen molar-refractivity contribution in [3.63, 3.8) is 0 Å². The van der Waals surface area contributed by atoms with E-state index in [4.69, 9.17) is 19.3 Å². The van der Waals surface area contributed by atoms with Crippen LogP contribution in [-0.2, 0) is 32.9 Å². The largest absolute Gasteiger partial charge is 0.469 e. The summed E-state index contributed by atoms with van der Waals surface area (Å²) < 4.78 is 26.1. The number of unbranched alkanes of at least 4 members (excludes halogenated alkanes) is 11. The summed E-state index contributed by atoms with van der Waals surface area (Å²) in [6.45, 7) is 3.41. The zero-order chi connectivity index (χ0) is 33.4. The molecule has 0 saturated carbocycles. The number of carbonyl (C=O) groups excluding carboxylic acids is 3. The Morgan fingerprint density at radius 2 is 1.20 bits per heavy atom. The second-order valence-corrected chi connectivity index (χ2v) is 12.4. The molecule has 0 radical (unpaired) electrons. The van der Waals surface area contributed by atoms with Crippen LogP contribution in [0.3, 0.4) is 0 Å². The Morgan fingerprint density at radius 1 is 0.644 bits per heavy atom. The third-order valence-electron chi connectivity index (χ3n) is 6.83. The third-order valence-corrected chi connectivity index (χ3v) is 7.31. The Labute approximate surface area is 271 Å². The molecular weight excluding hydrogens is 595 g/mol. The van der Waals surface area contributed by atoms with Gasteiger partial charge in [-0.05, 0) is 44.6 Å². The van der Waals surface area contributed by atoms with Gasteiger partial charge in [-0.15, -0.1) is 0 Å². The van der Waals surface area contributed by atoms with Gasteiger partial charge in [0.05, 0.1) is 6.61 Å². The van der Waals surface area contributed by atoms with E-state index in [1.807, 2.05) is 36.5 Å². The molecule has 0 bridgehead atoms. The highest BCUT2D eigenvalue weighted by Gasteiger charge is 2.22. The van der Waals surface area contributed by atoms with Crippen LogP contribution in [-0.4, -0.2) is 46.8 Å². The predicted octanol–water partition coefficient (Wildman–Crippen LogP) is 8.80. The molecule has 0 spiro atoms. The lowest BCUT2D eigenvalue weighted by Crippen LogP contribution is -2.29. The monoisotopic (exact) mass is 654 g/mol. The Bertz CT molecular complexity index is 933. The standard InChI is InChI=1S/C35H59O9P/c1-3-5-7-8-9-13-18-21-25-29-35(38)44-33(31-43-45(39,40)41)30-42-34(37)28-24-20-17-15-12-10-11-14-16-19-23-27-32(36)26-22-6-4-2/h10-11,15-17,19,23,27,33H,3-9,12-14,18,20-22,24-26,28-31H2,1-2H3,(H2,39,40,41)/b11-10-,17-15-,19-16-,27-23+/t33-/m1/s1. The molecule has 0 heterocycles. The summed E-state index contributed by atoms with van der Waals surface area (Å²) in [5.74, 6) is -0.827. The SMILES string of the molecule is CCCCCCCCCCCC(=O)O[C@H](COC(=O)CCC/C=C\C/C=C\C/C=C\C=C\C(=O)CCCCC)COP(=O)(O)O. The van der Waals surface area contributed by atoms with E-state index in [1.54, 1.807) is 12.2 Å². The summed E-state index contributed by atoms with van der Waals surface area (Å²) in [6.07, 6.45) is 31.2. The predicted molar refractivity (Wildman–Crippen MR) is 179 cm³/mol. The molecule has 0 aliphatic rings. The van der Waals surface area contributed by atoms with Gasteiger partial charge in [0.2, 0.25) is 0 Å². The Balaban J connectivity index is 4.16. The van der Waals surface area contributed by atoms with Crippen molar-refractivity contribution >= 4 is 25.5 Å². The molecule has 0 aromatic carbocycles. The first-order valence-electron chi connectivity index (χ1n) is 16.9. The average Bonchev–Trinajstić information content (AvgIpc) is 2.99. The van der Waals surface area contributed by atoms with E-state index >= 15 is 0 Å². The van der Waals surface area contributed by atoms with Crippen molar-refractivity contribution in [3.8, 4) is 0 Å². The molecule has 0 aliphatic heterocycles. The van der Waals surface area contributed by atoms with Crippen molar-refractivity contribution in [2.75, 3.05) is 13.2 Å². The van der Waals surface area contributed by atoms with Gasteiger partial charge in [-0.25, -0.2) is 4.57 Å². The van der Waals surface area contributed by atoms with Crippen LogP contribution < -0.4 is 0 Å². The lowest BCUT2D eigenvalue weighted by atomic mass is 10.1. The van der Waals surface area contributed by atoms with Gasteiger partial charge in [0.25, 0.3) is 0 Å². The molecule has 0 aromatic heterocycles. The van der Waals surface area contributed by atoms with Crippen LogP contribution in [0.1, 0.15) is 136 Å². The van der Waals surface area contributed by atoms with E-state index in [9.17, 15) is 18.9 Å². The Morgan fingerprint density at radius 3 is 1.87 bits per heavy atom. The van der Waals surface area contributed by atoms with Crippen molar-refractivity contribution in [1.29, 1.82) is 0 Å². The number of allylic oxidation sites excluding steroid dienone is 8. The second-order valence-electron chi connectivity index (χ2n) is 11.2. The molecule has 2 N–H and O–H groups in total. The summed E-state index contributed by atoms with van der Waals surface area (Å²) in [4.78, 5) is 54.1. The van der Waals surface area contributed by atoms with Crippen molar-refractivity contribution in [2.24, 2.45) is 0 Å². The van der Waals surface area contributed by atoms with Crippen molar-refractivity contribution in [3.05, 3.63) is 48.6 Å². The zero-order valence-corrected chi connectivity index (χ0v) is 28.6. The fourth-order valence-corrected chi connectivity index (χ4v) is 4.62. The fraction of sp³-hybridized carbons (Fsp3) is 0.686. The van der Waals surface area contributed by atoms with Crippen LogP contribution in [0.4, 0.5) is 0 Å². The number of phosphoric ester groups is 1. The highest BCUT2D eigenvalue weighted by atomic mass is 31.2. The first-order chi connectivity index (χ1) is 21.7. The third kappa shape index (κ3) is 32.9. The van der Waals surface area contributed by atoms with E-state index in [0.717, 1.165) is 51.4 Å². The van der Waals surface area contributed by atoms with Gasteiger partial charge in [-0.3, -0.25) is 18.9 Å². The van der Waals surface area contributed by atoms with Crippen LogP contribution in [0.2, 0.25) is 0 Å². The molecule has 10 heteroatoms. The number of ketones is 1. The van der Waals surface area contributed by atoms with Gasteiger partial charge in [0.15, 0.2) is 11.9 Å². The lowest BCUT2D eigenvalue weighted by molar-refractivity contribution is -0.161. The first kappa shape index (κ1) is 42.7. The summed E-state index contributed by atoms with van der Waals surface area (Å²) in [5.41, 5.74) is 0. The quantitative estimate of drug-likeness (QED) is 0.0194. The molecular formula is C35H59O9P. The number of esters is 2. The number of hydrogen-bond acceptors (Lipinski definition) is 7. The molecule has 0 amide bonds. The van der Waals surface area contributed by atoms with Crippen LogP contribution in [0.15, 0.2) is 48.6 Å². The fourth-order valence-electron chi connectivity index (χ4n) is 4.26. The van der Waals surface area contributed by atoms with Gasteiger partial charge in [-0.1, -0.05) is 121 Å². The number of ether oxygens (including phenoxy) is 2. The molecule has 9 nitrogen and oxygen atoms in total. The minimum atomic E-state index is -4.77. The van der Waals surface area contributed by atoms with E-state index in [0.29, 0.717) is 25.7 Å². The molecule has 0 aromatic rings. The highest BCUT2D eigenvalue weighted by molar-refractivity contribution is 7.46. The minimum absolute atomic E-state index is 0.165. The average molecular weight is 655 g/mol. The van der Waals surface area contributed by atoms with E-state index < -0.39 is 32.5 Å². The number of hydrogen-bond donors (Lipinski definition) is 2. The molecule has 0 unspecified atom stereocenters. The Kier molecular flexibility index (Phi) is 28.8. The van der Waals surface area contributed by atoms with Crippen LogP contribution in [0.25, 0.3) is 0 Å². The van der Waals surface area contributed by atoms with Gasteiger partial charge in [0, 0.05) is 19.3 Å². The molecule has 1 atom stereocenters. The maximum absolute atomic E-state index is 12.2. The summed E-state index contributed by atoms with van der Waals surface area (Å²) >= 11 is 0. The normalized spacial score (nSPS) is 13.0. The number of carbonyl (C=O) groups is 3. The number of rotatable bonds is 30. The van der Waals surface area contributed by atoms with E-state index in [2.05, 4.69) is 18.4 Å². The zero-order valence-electron chi connectivity index (χ0n) is 27.7. The second kappa shape index (κ2) is 30.3. The molecule has 0 aliphatic carbocycles.